The van der Waals surface area contributed by atoms with Crippen molar-refractivity contribution >= 4 is 17.9 Å². The summed E-state index contributed by atoms with van der Waals surface area (Å²) in [4.78, 5) is 38.0. The summed E-state index contributed by atoms with van der Waals surface area (Å²) in [7, 11) is 0. The Morgan fingerprint density at radius 1 is 1.24 bits per heavy atom. The summed E-state index contributed by atoms with van der Waals surface area (Å²) in [5.74, 6) is -0.0298. The van der Waals surface area contributed by atoms with Crippen molar-refractivity contribution in [3.05, 3.63) is 0 Å². The molecule has 1 heterocycles. The number of fused-ring (bicyclic) bond motifs is 1. The predicted octanol–water partition coefficient (Wildman–Crippen LogP) is 1.81. The maximum atomic E-state index is 12.7. The zero-order valence-corrected chi connectivity index (χ0v) is 15.6. The molecule has 0 spiro atoms. The fourth-order valence-corrected chi connectivity index (χ4v) is 3.46. The first-order valence-corrected chi connectivity index (χ1v) is 9.31. The van der Waals surface area contributed by atoms with Crippen LogP contribution in [0.1, 0.15) is 59.3 Å². The molecule has 2 fully saturated rings. The topological polar surface area (TPSA) is 87.7 Å². The van der Waals surface area contributed by atoms with Crippen molar-refractivity contribution in [1.82, 2.24) is 15.5 Å². The van der Waals surface area contributed by atoms with Crippen molar-refractivity contribution in [3.63, 3.8) is 0 Å². The molecule has 142 valence electrons. The molecular weight excluding hydrogens is 322 g/mol. The number of ether oxygens (including phenoxy) is 1. The monoisotopic (exact) mass is 353 g/mol. The molecule has 0 aromatic rings. The Labute approximate surface area is 149 Å². The molecule has 1 saturated carbocycles. The Kier molecular flexibility index (Phi) is 6.67. The van der Waals surface area contributed by atoms with Crippen LogP contribution in [0.25, 0.3) is 0 Å². The van der Waals surface area contributed by atoms with E-state index >= 15 is 0 Å². The lowest BCUT2D eigenvalue weighted by molar-refractivity contribution is -0.137. The standard InChI is InChI=1S/C18H31N3O4/c1-18(2,3)25-17(24)19-10-6-7-11-21-12-15(22)20-14-9-5-4-8-13(14)16(21)23/h13-14H,4-12H2,1-3H3,(H,19,24)(H,20,22)/t13-,14+/m1/s1. The lowest BCUT2D eigenvalue weighted by atomic mass is 9.84. The number of nitrogens with one attached hydrogen (secondary N) is 2. The van der Waals surface area contributed by atoms with Crippen molar-refractivity contribution < 1.29 is 19.1 Å². The largest absolute Gasteiger partial charge is 0.444 e. The number of amides is 3. The number of nitrogens with zero attached hydrogens (tertiary/aromatic N) is 1. The van der Waals surface area contributed by atoms with Crippen LogP contribution >= 0.6 is 0 Å². The van der Waals surface area contributed by atoms with Crippen LogP contribution in [0.4, 0.5) is 4.79 Å². The van der Waals surface area contributed by atoms with Crippen LogP contribution in [-0.2, 0) is 14.3 Å². The SMILES string of the molecule is CC(C)(C)OC(=O)NCCCCN1CC(=O)N[C@H]2CCCC[C@H]2C1=O. The molecule has 1 aliphatic heterocycles. The highest BCUT2D eigenvalue weighted by Gasteiger charge is 2.37. The zero-order chi connectivity index (χ0) is 18.4. The molecule has 2 rings (SSSR count). The fraction of sp³-hybridized carbons (Fsp3) is 0.833. The van der Waals surface area contributed by atoms with Gasteiger partial charge < -0.3 is 20.3 Å². The minimum absolute atomic E-state index is 0.00702. The quantitative estimate of drug-likeness (QED) is 0.738. The Hall–Kier alpha value is -1.79. The van der Waals surface area contributed by atoms with Crippen LogP contribution in [0.3, 0.4) is 0 Å². The van der Waals surface area contributed by atoms with Gasteiger partial charge in [0.1, 0.15) is 5.60 Å². The number of hydrogen-bond donors (Lipinski definition) is 2. The van der Waals surface area contributed by atoms with Crippen molar-refractivity contribution in [1.29, 1.82) is 0 Å². The van der Waals surface area contributed by atoms with Crippen LogP contribution in [0.5, 0.6) is 0 Å². The predicted molar refractivity (Wildman–Crippen MR) is 93.9 cm³/mol. The van der Waals surface area contributed by atoms with Gasteiger partial charge in [-0.05, 0) is 46.5 Å². The fourth-order valence-electron chi connectivity index (χ4n) is 3.46. The van der Waals surface area contributed by atoms with Gasteiger partial charge in [-0.15, -0.1) is 0 Å². The van der Waals surface area contributed by atoms with Crippen LogP contribution in [-0.4, -0.2) is 54.1 Å². The molecular formula is C18H31N3O4. The van der Waals surface area contributed by atoms with Gasteiger partial charge in [0.05, 0.1) is 12.5 Å². The summed E-state index contributed by atoms with van der Waals surface area (Å²) >= 11 is 0. The first kappa shape index (κ1) is 19.5. The number of carbonyl (C=O) groups is 3. The highest BCUT2D eigenvalue weighted by Crippen LogP contribution is 2.27. The summed E-state index contributed by atoms with van der Waals surface area (Å²) in [5.41, 5.74) is -0.507. The van der Waals surface area contributed by atoms with E-state index in [0.29, 0.717) is 13.1 Å². The second-order valence-corrected chi connectivity index (χ2v) is 7.96. The molecule has 0 aromatic carbocycles. The lowest BCUT2D eigenvalue weighted by Gasteiger charge is -2.30. The smallest absolute Gasteiger partial charge is 0.407 e. The van der Waals surface area contributed by atoms with Gasteiger partial charge in [-0.3, -0.25) is 9.59 Å². The summed E-state index contributed by atoms with van der Waals surface area (Å²) in [6, 6.07) is 0.00702. The molecule has 3 amide bonds. The average Bonchev–Trinajstić information content (AvgIpc) is 2.62. The molecule has 7 nitrogen and oxygen atoms in total. The second kappa shape index (κ2) is 8.54. The van der Waals surface area contributed by atoms with Crippen molar-refractivity contribution in [2.75, 3.05) is 19.6 Å². The second-order valence-electron chi connectivity index (χ2n) is 7.96. The van der Waals surface area contributed by atoms with Gasteiger partial charge in [0.25, 0.3) is 0 Å². The Morgan fingerprint density at radius 3 is 2.68 bits per heavy atom. The van der Waals surface area contributed by atoms with Gasteiger partial charge in [0.2, 0.25) is 11.8 Å². The number of rotatable bonds is 5. The minimum atomic E-state index is -0.507. The number of hydrogen-bond acceptors (Lipinski definition) is 4. The third-order valence-electron chi connectivity index (χ3n) is 4.60. The van der Waals surface area contributed by atoms with E-state index in [0.717, 1.165) is 38.5 Å². The summed E-state index contributed by atoms with van der Waals surface area (Å²) in [5, 5.41) is 5.72. The first-order chi connectivity index (χ1) is 11.8. The highest BCUT2D eigenvalue weighted by atomic mass is 16.6. The van der Waals surface area contributed by atoms with Crippen molar-refractivity contribution in [2.24, 2.45) is 5.92 Å². The molecule has 7 heteroatoms. The van der Waals surface area contributed by atoms with E-state index in [1.165, 1.54) is 0 Å². The Balaban J connectivity index is 1.73. The first-order valence-electron chi connectivity index (χ1n) is 9.31. The summed E-state index contributed by atoms with van der Waals surface area (Å²) in [6.45, 7) is 6.65. The van der Waals surface area contributed by atoms with Gasteiger partial charge in [-0.1, -0.05) is 12.8 Å². The third-order valence-corrected chi connectivity index (χ3v) is 4.60. The van der Waals surface area contributed by atoms with E-state index in [1.54, 1.807) is 4.90 Å². The van der Waals surface area contributed by atoms with Crippen LogP contribution in [0.15, 0.2) is 0 Å². The summed E-state index contributed by atoms with van der Waals surface area (Å²) in [6.07, 6.45) is 4.94. The lowest BCUT2D eigenvalue weighted by Crippen LogP contribution is -2.43. The van der Waals surface area contributed by atoms with Crippen LogP contribution < -0.4 is 10.6 Å². The third kappa shape index (κ3) is 6.21. The molecule has 0 aromatic heterocycles. The molecule has 2 atom stereocenters. The number of alkyl carbamates (subject to hydrolysis) is 1. The summed E-state index contributed by atoms with van der Waals surface area (Å²) < 4.78 is 5.17. The van der Waals surface area contributed by atoms with E-state index in [9.17, 15) is 14.4 Å². The molecule has 0 radical (unpaired) electrons. The molecule has 0 unspecified atom stereocenters. The normalized spacial score (nSPS) is 24.2. The zero-order valence-electron chi connectivity index (χ0n) is 15.6. The maximum absolute atomic E-state index is 12.7. The van der Waals surface area contributed by atoms with E-state index in [4.69, 9.17) is 4.74 Å². The van der Waals surface area contributed by atoms with E-state index < -0.39 is 11.7 Å². The van der Waals surface area contributed by atoms with E-state index in [1.807, 2.05) is 20.8 Å². The number of unbranched alkanes of at least 4 members (excludes halogenated alkanes) is 1. The molecule has 2 N–H and O–H groups in total. The maximum Gasteiger partial charge on any atom is 0.407 e. The Bertz CT molecular complexity index is 501. The molecule has 1 aliphatic carbocycles. The van der Waals surface area contributed by atoms with Gasteiger partial charge in [-0.25, -0.2) is 4.79 Å². The van der Waals surface area contributed by atoms with Gasteiger partial charge in [0, 0.05) is 19.1 Å². The Morgan fingerprint density at radius 2 is 1.96 bits per heavy atom. The van der Waals surface area contributed by atoms with E-state index in [2.05, 4.69) is 10.6 Å². The average molecular weight is 353 g/mol. The van der Waals surface area contributed by atoms with E-state index in [-0.39, 0.29) is 30.3 Å². The van der Waals surface area contributed by atoms with Gasteiger partial charge in [-0.2, -0.15) is 0 Å². The van der Waals surface area contributed by atoms with Crippen LogP contribution in [0, 0.1) is 5.92 Å². The molecule has 1 saturated heterocycles. The van der Waals surface area contributed by atoms with Crippen molar-refractivity contribution in [3.8, 4) is 0 Å². The molecule has 0 bridgehead atoms. The van der Waals surface area contributed by atoms with Gasteiger partial charge >= 0.3 is 6.09 Å². The van der Waals surface area contributed by atoms with Gasteiger partial charge in [0.15, 0.2) is 0 Å². The minimum Gasteiger partial charge on any atom is -0.444 e. The molecule has 2 aliphatic rings. The van der Waals surface area contributed by atoms with Crippen molar-refractivity contribution in [2.45, 2.75) is 70.9 Å². The molecule has 25 heavy (non-hydrogen) atoms. The number of carbonyl (C=O) groups excluding carboxylic acids is 3. The van der Waals surface area contributed by atoms with Crippen LogP contribution in [0.2, 0.25) is 0 Å². The highest BCUT2D eigenvalue weighted by molar-refractivity contribution is 5.89.